The maximum absolute atomic E-state index is 13.4. The van der Waals surface area contributed by atoms with Crippen molar-refractivity contribution < 1.29 is 22.0 Å². The highest BCUT2D eigenvalue weighted by Gasteiger charge is 2.32. The summed E-state index contributed by atoms with van der Waals surface area (Å²) >= 11 is 0. The van der Waals surface area contributed by atoms with Gasteiger partial charge in [0.15, 0.2) is 5.49 Å². The van der Waals surface area contributed by atoms with E-state index in [1.807, 2.05) is 29.5 Å². The summed E-state index contributed by atoms with van der Waals surface area (Å²) < 4.78 is 69.9. The fraction of sp³-hybridized carbons (Fsp3) is 0.360. The average Bonchev–Trinajstić information content (AvgIpc) is 3.29. The topological polar surface area (TPSA) is 64.1 Å². The number of hydrogen-bond donors (Lipinski definition) is 0. The van der Waals surface area contributed by atoms with Crippen molar-refractivity contribution in [2.75, 3.05) is 11.4 Å². The number of nitrogens with zero attached hydrogens (tertiary/aromatic N) is 7. The smallest absolute Gasteiger partial charge is 0.347 e. The summed E-state index contributed by atoms with van der Waals surface area (Å²) in [6, 6.07) is 5.89. The number of pyridine rings is 1. The molecule has 0 atom stereocenters. The Labute approximate surface area is 208 Å². The van der Waals surface area contributed by atoms with Gasteiger partial charge in [0.2, 0.25) is 0 Å². The molecule has 0 saturated carbocycles. The van der Waals surface area contributed by atoms with Crippen LogP contribution in [0.5, 0.6) is 0 Å². The number of aryl methyl sites for hydroxylation is 2. The minimum atomic E-state index is -4.44. The van der Waals surface area contributed by atoms with E-state index in [4.69, 9.17) is 0 Å². The molecule has 0 saturated heterocycles. The van der Waals surface area contributed by atoms with Crippen molar-refractivity contribution in [2.45, 2.75) is 46.1 Å². The molecule has 0 bridgehead atoms. The van der Waals surface area contributed by atoms with Crippen LogP contribution in [0.3, 0.4) is 0 Å². The number of rotatable bonds is 4. The summed E-state index contributed by atoms with van der Waals surface area (Å²) in [6.45, 7) is 4.40. The van der Waals surface area contributed by atoms with Gasteiger partial charge in [0.05, 0.1) is 36.6 Å². The number of alkyl halides is 5. The third-order valence-corrected chi connectivity index (χ3v) is 6.82. The molecule has 0 amide bonds. The van der Waals surface area contributed by atoms with Crippen molar-refractivity contribution in [3.8, 4) is 0 Å². The average molecular weight is 518 g/mol. The third kappa shape index (κ3) is 4.56. The van der Waals surface area contributed by atoms with E-state index in [1.54, 1.807) is 12.3 Å². The van der Waals surface area contributed by atoms with Crippen molar-refractivity contribution in [1.82, 2.24) is 24.1 Å². The Bertz CT molecular complexity index is 1550. The molecule has 1 aliphatic heterocycles. The van der Waals surface area contributed by atoms with Crippen LogP contribution in [0.25, 0.3) is 10.9 Å². The van der Waals surface area contributed by atoms with Gasteiger partial charge in [-0.2, -0.15) is 13.2 Å². The van der Waals surface area contributed by atoms with Crippen LogP contribution >= 0.6 is 0 Å². The summed E-state index contributed by atoms with van der Waals surface area (Å²) in [5, 5.41) is 0.685. The summed E-state index contributed by atoms with van der Waals surface area (Å²) in [5.74, 6) is 1.81. The number of anilines is 1. The van der Waals surface area contributed by atoms with E-state index in [1.165, 1.54) is 23.8 Å². The lowest BCUT2D eigenvalue weighted by Crippen LogP contribution is -2.35. The van der Waals surface area contributed by atoms with Crippen LogP contribution in [0, 0.1) is 13.8 Å². The zero-order valence-electron chi connectivity index (χ0n) is 20.4. The maximum Gasteiger partial charge on any atom is 0.416 e. The zero-order chi connectivity index (χ0) is 26.5. The zero-order valence-corrected chi connectivity index (χ0v) is 20.4. The van der Waals surface area contributed by atoms with E-state index in [-0.39, 0.29) is 17.8 Å². The Hall–Kier alpha value is -3.83. The molecule has 1 aromatic carbocycles. The van der Waals surface area contributed by atoms with Gasteiger partial charge in [0, 0.05) is 25.5 Å². The number of imidazole rings is 1. The van der Waals surface area contributed by atoms with Gasteiger partial charge in [-0.1, -0.05) is 12.1 Å². The molecular formula is C25H24F5N7. The predicted octanol–water partition coefficient (Wildman–Crippen LogP) is 4.86. The maximum atomic E-state index is 13.4. The van der Waals surface area contributed by atoms with E-state index in [9.17, 15) is 22.0 Å². The fourth-order valence-electron chi connectivity index (χ4n) is 4.62. The predicted molar refractivity (Wildman–Crippen MR) is 127 cm³/mol. The monoisotopic (exact) mass is 517 g/mol. The summed E-state index contributed by atoms with van der Waals surface area (Å²) in [6.07, 6.45) is -4.14. The van der Waals surface area contributed by atoms with Gasteiger partial charge in [-0.15, -0.1) is 0 Å². The second-order valence-corrected chi connectivity index (χ2v) is 8.98. The van der Waals surface area contributed by atoms with Crippen molar-refractivity contribution in [3.05, 3.63) is 76.2 Å². The first-order valence-electron chi connectivity index (χ1n) is 11.6. The highest BCUT2D eigenvalue weighted by Crippen LogP contribution is 2.33. The Morgan fingerprint density at radius 3 is 2.59 bits per heavy atom. The molecule has 0 aliphatic carbocycles. The Morgan fingerprint density at radius 1 is 1.08 bits per heavy atom. The van der Waals surface area contributed by atoms with E-state index in [0.717, 1.165) is 11.6 Å². The largest absolute Gasteiger partial charge is 0.416 e. The number of halogens is 5. The molecule has 5 rings (SSSR count). The van der Waals surface area contributed by atoms with Crippen LogP contribution in [0.1, 0.15) is 40.5 Å². The first kappa shape index (κ1) is 24.8. The van der Waals surface area contributed by atoms with E-state index < -0.39 is 18.2 Å². The Morgan fingerprint density at radius 2 is 1.86 bits per heavy atom. The molecule has 3 aromatic heterocycles. The van der Waals surface area contributed by atoms with Crippen LogP contribution in [-0.4, -0.2) is 30.6 Å². The molecule has 37 heavy (non-hydrogen) atoms. The van der Waals surface area contributed by atoms with Crippen molar-refractivity contribution >= 4 is 16.7 Å². The molecule has 0 N–H and O–H groups in total. The number of aromatic nitrogens is 5. The normalized spacial score (nSPS) is 14.6. The molecule has 0 spiro atoms. The highest BCUT2D eigenvalue weighted by molar-refractivity contribution is 5.80. The summed E-state index contributed by atoms with van der Waals surface area (Å²) in [7, 11) is 1.84. The van der Waals surface area contributed by atoms with Gasteiger partial charge < -0.3 is 14.0 Å². The second-order valence-electron chi connectivity index (χ2n) is 8.98. The van der Waals surface area contributed by atoms with Gasteiger partial charge in [-0.05, 0) is 37.1 Å². The van der Waals surface area contributed by atoms with E-state index in [2.05, 4.69) is 19.9 Å². The van der Waals surface area contributed by atoms with Crippen molar-refractivity contribution in [3.63, 3.8) is 0 Å². The van der Waals surface area contributed by atoms with Crippen LogP contribution in [0.15, 0.2) is 41.7 Å². The fourth-order valence-corrected chi connectivity index (χ4v) is 4.62. The van der Waals surface area contributed by atoms with Crippen LogP contribution < -0.4 is 10.4 Å². The lowest BCUT2D eigenvalue weighted by molar-refractivity contribution is -0.138. The first-order valence-corrected chi connectivity index (χ1v) is 11.6. The molecule has 194 valence electrons. The Balaban J connectivity index is 1.54. The van der Waals surface area contributed by atoms with Gasteiger partial charge in [-0.3, -0.25) is 4.99 Å². The molecule has 0 fully saturated rings. The van der Waals surface area contributed by atoms with Crippen molar-refractivity contribution in [1.29, 1.82) is 0 Å². The Kier molecular flexibility index (Phi) is 6.20. The molecule has 0 unspecified atom stereocenters. The first-order chi connectivity index (χ1) is 17.5. The minimum absolute atomic E-state index is 0.0280. The molecule has 0 radical (unpaired) electrons. The lowest BCUT2D eigenvalue weighted by Gasteiger charge is -2.29. The van der Waals surface area contributed by atoms with Gasteiger partial charge in [0.1, 0.15) is 23.2 Å². The van der Waals surface area contributed by atoms with Gasteiger partial charge >= 0.3 is 6.18 Å². The second kappa shape index (κ2) is 9.24. The summed E-state index contributed by atoms with van der Waals surface area (Å²) in [5.41, 5.74) is 0.967. The molecule has 12 heteroatoms. The summed E-state index contributed by atoms with van der Waals surface area (Å²) in [4.78, 5) is 19.9. The van der Waals surface area contributed by atoms with E-state index in [0.29, 0.717) is 53.5 Å². The standard InChI is InChI=1S/C25H24F5N7/c1-14-16(5-4-6-18(14)25(28,29)30)10-33-24-17-9-21(31-11-19(17)35(3)15(2)34-24)36-7-8-37-20(23(26)27)12-32-22(37)13-36/h4-6,9,11-12,23H,7-8,10,13H2,1-3H3. The number of hydrogen-bond acceptors (Lipinski definition) is 5. The van der Waals surface area contributed by atoms with Gasteiger partial charge in [0.25, 0.3) is 6.43 Å². The third-order valence-electron chi connectivity index (χ3n) is 6.82. The van der Waals surface area contributed by atoms with Crippen LogP contribution in [-0.2, 0) is 32.9 Å². The lowest BCUT2D eigenvalue weighted by atomic mass is 10.0. The number of fused-ring (bicyclic) bond motifs is 2. The minimum Gasteiger partial charge on any atom is -0.347 e. The van der Waals surface area contributed by atoms with Crippen LogP contribution in [0.4, 0.5) is 27.8 Å². The molecule has 1 aliphatic rings. The highest BCUT2D eigenvalue weighted by atomic mass is 19.4. The molecule has 4 heterocycles. The molecule has 7 nitrogen and oxygen atoms in total. The molecular weight excluding hydrogens is 493 g/mol. The SMILES string of the molecule is Cc1c(CN=c2nc(C)n(C)c3cnc(N4CCn5c(C(F)F)cnc5C4)cc23)cccc1C(F)(F)F. The van der Waals surface area contributed by atoms with E-state index >= 15 is 0 Å². The number of benzene rings is 1. The van der Waals surface area contributed by atoms with Gasteiger partial charge in [-0.25, -0.2) is 23.7 Å². The van der Waals surface area contributed by atoms with Crippen molar-refractivity contribution in [2.24, 2.45) is 12.0 Å². The molecule has 4 aromatic rings. The quantitative estimate of drug-likeness (QED) is 0.363. The van der Waals surface area contributed by atoms with Crippen LogP contribution in [0.2, 0.25) is 0 Å².